The van der Waals surface area contributed by atoms with Crippen molar-refractivity contribution in [3.8, 4) is 0 Å². The van der Waals surface area contributed by atoms with E-state index in [1.807, 2.05) is 6.92 Å². The van der Waals surface area contributed by atoms with Gasteiger partial charge >= 0.3 is 0 Å². The second-order valence-corrected chi connectivity index (χ2v) is 2.36. The molecule has 0 unspecified atom stereocenters. The molecule has 1 heteroatoms. The molecule has 1 aliphatic rings. The molecule has 1 nitrogen and oxygen atoms in total. The fourth-order valence-corrected chi connectivity index (χ4v) is 0.856. The van der Waals surface area contributed by atoms with Crippen LogP contribution in [0.2, 0.25) is 0 Å². The Hall–Kier alpha value is -0.330. The molecule has 0 saturated heterocycles. The average molecular weight is 114 g/mol. The predicted molar refractivity (Wildman–Crippen MR) is 32.6 cm³/mol. The summed E-state index contributed by atoms with van der Waals surface area (Å²) in [5.41, 5.74) is 0. The van der Waals surface area contributed by atoms with Crippen molar-refractivity contribution in [1.29, 1.82) is 0 Å². The molecule has 0 aromatic carbocycles. The van der Waals surface area contributed by atoms with E-state index in [-0.39, 0.29) is 18.1 Å². The smallest absolute Gasteiger partial charge is 0.132 e. The number of carbonyl (C=O) groups is 1. The summed E-state index contributed by atoms with van der Waals surface area (Å²) in [5.74, 6) is 0.119. The highest BCUT2D eigenvalue weighted by Gasteiger charge is 2.13. The van der Waals surface area contributed by atoms with E-state index >= 15 is 0 Å². The molecule has 0 radical (unpaired) electrons. The van der Waals surface area contributed by atoms with Gasteiger partial charge in [0.2, 0.25) is 0 Å². The van der Waals surface area contributed by atoms with Gasteiger partial charge in [0.05, 0.1) is 0 Å². The van der Waals surface area contributed by atoms with E-state index in [1.165, 1.54) is 0 Å². The zero-order chi connectivity index (χ0) is 7.78. The van der Waals surface area contributed by atoms with Crippen LogP contribution in [0.25, 0.3) is 0 Å². The SMILES string of the molecule is [2H]C1([2H])CC(=O)CC[C@@H]1C. The first kappa shape index (κ1) is 3.65. The Morgan fingerprint density at radius 1 is 1.75 bits per heavy atom. The molecule has 0 heterocycles. The molecule has 1 rings (SSSR count). The second-order valence-electron chi connectivity index (χ2n) is 2.36. The van der Waals surface area contributed by atoms with Crippen molar-refractivity contribution in [2.45, 2.75) is 32.6 Å². The van der Waals surface area contributed by atoms with Crippen LogP contribution in [0.15, 0.2) is 0 Å². The van der Waals surface area contributed by atoms with Crippen molar-refractivity contribution >= 4 is 5.78 Å². The topological polar surface area (TPSA) is 17.1 Å². The van der Waals surface area contributed by atoms with Gasteiger partial charge in [-0.1, -0.05) is 6.92 Å². The maximum Gasteiger partial charge on any atom is 0.132 e. The van der Waals surface area contributed by atoms with Crippen molar-refractivity contribution in [2.75, 3.05) is 0 Å². The van der Waals surface area contributed by atoms with Crippen molar-refractivity contribution in [2.24, 2.45) is 5.92 Å². The Balaban J connectivity index is 2.63. The maximum atomic E-state index is 10.8. The van der Waals surface area contributed by atoms with Crippen molar-refractivity contribution in [3.63, 3.8) is 0 Å². The Bertz CT molecular complexity index is 154. The number of ketones is 1. The largest absolute Gasteiger partial charge is 0.300 e. The molecule has 0 amide bonds. The molecular weight excluding hydrogens is 100 g/mol. The van der Waals surface area contributed by atoms with Crippen LogP contribution in [0.3, 0.4) is 0 Å². The number of hydrogen-bond donors (Lipinski definition) is 0. The fourth-order valence-electron chi connectivity index (χ4n) is 0.856. The lowest BCUT2D eigenvalue weighted by Crippen LogP contribution is -2.10. The minimum Gasteiger partial charge on any atom is -0.300 e. The standard InChI is InChI=1S/C7H12O/c1-6-2-4-7(8)5-3-6/h6H,2-5H2,1H3/i2D2/t6-/m1/s1. The molecule has 8 heavy (non-hydrogen) atoms. The van der Waals surface area contributed by atoms with Gasteiger partial charge < -0.3 is 0 Å². The van der Waals surface area contributed by atoms with Gasteiger partial charge in [-0.2, -0.15) is 0 Å². The van der Waals surface area contributed by atoms with Crippen molar-refractivity contribution in [3.05, 3.63) is 0 Å². The van der Waals surface area contributed by atoms with E-state index < -0.39 is 6.37 Å². The number of carbonyl (C=O) groups excluding carboxylic acids is 1. The Morgan fingerprint density at radius 2 is 2.50 bits per heavy atom. The highest BCUT2D eigenvalue weighted by molar-refractivity contribution is 5.78. The third-order valence-corrected chi connectivity index (χ3v) is 1.50. The molecule has 0 aromatic rings. The minimum absolute atomic E-state index is 0.0465. The Morgan fingerprint density at radius 3 is 3.00 bits per heavy atom. The van der Waals surface area contributed by atoms with Crippen LogP contribution in [0.4, 0.5) is 0 Å². The summed E-state index contributed by atoms with van der Waals surface area (Å²) in [6.07, 6.45) is 0.163. The quantitative estimate of drug-likeness (QED) is 0.469. The lowest BCUT2D eigenvalue weighted by molar-refractivity contribution is -0.120. The zero-order valence-electron chi connectivity index (χ0n) is 7.11. The van der Waals surface area contributed by atoms with E-state index in [9.17, 15) is 4.79 Å². The van der Waals surface area contributed by atoms with Gasteiger partial charge in [-0.25, -0.2) is 0 Å². The molecule has 1 saturated carbocycles. The third kappa shape index (κ3) is 1.32. The van der Waals surface area contributed by atoms with Gasteiger partial charge in [0.15, 0.2) is 0 Å². The van der Waals surface area contributed by atoms with E-state index in [0.29, 0.717) is 12.8 Å². The molecule has 0 aliphatic heterocycles. The monoisotopic (exact) mass is 114 g/mol. The molecule has 0 N–H and O–H groups in total. The zero-order valence-corrected chi connectivity index (χ0v) is 5.11. The second kappa shape index (κ2) is 2.29. The highest BCUT2D eigenvalue weighted by Crippen LogP contribution is 2.19. The summed E-state index contributed by atoms with van der Waals surface area (Å²) in [4.78, 5) is 10.8. The summed E-state index contributed by atoms with van der Waals surface area (Å²) in [5, 5.41) is 0. The number of rotatable bonds is 0. The van der Waals surface area contributed by atoms with Crippen LogP contribution in [0.1, 0.15) is 35.3 Å². The van der Waals surface area contributed by atoms with E-state index in [2.05, 4.69) is 0 Å². The Kier molecular flexibility index (Phi) is 1.05. The van der Waals surface area contributed by atoms with Crippen LogP contribution < -0.4 is 0 Å². The van der Waals surface area contributed by atoms with Gasteiger partial charge in [0.25, 0.3) is 0 Å². The summed E-state index contributed by atoms with van der Waals surface area (Å²) in [7, 11) is 0. The van der Waals surface area contributed by atoms with Gasteiger partial charge in [-0.05, 0) is 18.7 Å². The molecule has 1 fully saturated rings. The molecule has 1 atom stereocenters. The van der Waals surface area contributed by atoms with Crippen LogP contribution in [-0.2, 0) is 4.79 Å². The fraction of sp³-hybridized carbons (Fsp3) is 0.857. The molecular formula is C7H12O. The lowest BCUT2D eigenvalue weighted by atomic mass is 9.90. The predicted octanol–water partition coefficient (Wildman–Crippen LogP) is 1.77. The van der Waals surface area contributed by atoms with Crippen LogP contribution >= 0.6 is 0 Å². The van der Waals surface area contributed by atoms with Crippen molar-refractivity contribution in [1.82, 2.24) is 0 Å². The summed E-state index contributed by atoms with van der Waals surface area (Å²) in [6, 6.07) is 0. The third-order valence-electron chi connectivity index (χ3n) is 1.50. The number of Topliss-reactive ketones (excluding diaryl/α,β-unsaturated/α-hetero) is 1. The normalized spacial score (nSPS) is 40.6. The van der Waals surface area contributed by atoms with E-state index in [4.69, 9.17) is 2.74 Å². The first-order valence-corrected chi connectivity index (χ1v) is 3.04. The average Bonchev–Trinajstić information content (AvgIpc) is 1.78. The minimum atomic E-state index is -1.24. The van der Waals surface area contributed by atoms with Crippen LogP contribution in [-0.4, -0.2) is 5.78 Å². The van der Waals surface area contributed by atoms with Crippen LogP contribution in [0, 0.1) is 5.92 Å². The molecule has 1 aliphatic carbocycles. The molecule has 0 spiro atoms. The van der Waals surface area contributed by atoms with Gasteiger partial charge in [-0.3, -0.25) is 4.79 Å². The van der Waals surface area contributed by atoms with Gasteiger partial charge in [0, 0.05) is 15.6 Å². The van der Waals surface area contributed by atoms with Crippen LogP contribution in [0.5, 0.6) is 0 Å². The highest BCUT2D eigenvalue weighted by atomic mass is 16.1. The molecule has 0 aromatic heterocycles. The van der Waals surface area contributed by atoms with Crippen molar-refractivity contribution < 1.29 is 7.54 Å². The van der Waals surface area contributed by atoms with E-state index in [0.717, 1.165) is 0 Å². The maximum absolute atomic E-state index is 10.8. The van der Waals surface area contributed by atoms with Gasteiger partial charge in [0.1, 0.15) is 5.78 Å². The first-order valence-electron chi connectivity index (χ1n) is 4.04. The summed E-state index contributed by atoms with van der Waals surface area (Å²) < 4.78 is 14.8. The lowest BCUT2D eigenvalue weighted by Gasteiger charge is -2.14. The number of hydrogen-bond acceptors (Lipinski definition) is 1. The van der Waals surface area contributed by atoms with Gasteiger partial charge in [-0.15, -0.1) is 0 Å². The first-order chi connectivity index (χ1) is 4.52. The molecule has 46 valence electrons. The molecule has 0 bridgehead atoms. The summed E-state index contributed by atoms with van der Waals surface area (Å²) in [6.45, 7) is 1.87. The Labute approximate surface area is 52.9 Å². The van der Waals surface area contributed by atoms with E-state index in [1.54, 1.807) is 0 Å². The summed E-state index contributed by atoms with van der Waals surface area (Å²) >= 11 is 0.